The van der Waals surface area contributed by atoms with Crippen LogP contribution in [0.2, 0.25) is 0 Å². The molecule has 0 aliphatic heterocycles. The Labute approximate surface area is 151 Å². The molecule has 2 aromatic rings. The minimum absolute atomic E-state index is 0.298. The first-order valence-corrected chi connectivity index (χ1v) is 9.03. The quantitative estimate of drug-likeness (QED) is 0.607. The van der Waals surface area contributed by atoms with E-state index in [1.165, 1.54) is 11.8 Å². The highest BCUT2D eigenvalue weighted by Gasteiger charge is 2.20. The van der Waals surface area contributed by atoms with Crippen molar-refractivity contribution in [1.29, 1.82) is 0 Å². The molecule has 0 aliphatic carbocycles. The highest BCUT2D eigenvalue weighted by molar-refractivity contribution is 7.98. The Hall–Kier alpha value is -2.47. The van der Waals surface area contributed by atoms with Crippen LogP contribution in [-0.2, 0) is 16.1 Å². The van der Waals surface area contributed by atoms with E-state index in [-0.39, 0.29) is 5.91 Å². The molecule has 132 valence electrons. The van der Waals surface area contributed by atoms with Crippen LogP contribution in [0.3, 0.4) is 0 Å². The Bertz CT molecular complexity index is 748. The SMILES string of the molecule is COc1ccccc1CNC(=O)[C@H](C)OC(=O)c1ccccc1SC. The first-order chi connectivity index (χ1) is 12.1. The molecule has 6 heteroatoms. The van der Waals surface area contributed by atoms with Gasteiger partial charge in [0, 0.05) is 17.0 Å². The van der Waals surface area contributed by atoms with E-state index in [0.717, 1.165) is 10.5 Å². The number of benzene rings is 2. The van der Waals surface area contributed by atoms with E-state index in [9.17, 15) is 9.59 Å². The summed E-state index contributed by atoms with van der Waals surface area (Å²) in [5.41, 5.74) is 1.31. The topological polar surface area (TPSA) is 64.6 Å². The van der Waals surface area contributed by atoms with E-state index in [1.807, 2.05) is 42.7 Å². The monoisotopic (exact) mass is 359 g/mol. The number of para-hydroxylation sites is 1. The predicted molar refractivity (Wildman–Crippen MR) is 97.9 cm³/mol. The molecule has 0 spiro atoms. The Morgan fingerprint density at radius 2 is 1.80 bits per heavy atom. The third-order valence-corrected chi connectivity index (χ3v) is 4.42. The van der Waals surface area contributed by atoms with Crippen molar-refractivity contribution in [3.63, 3.8) is 0 Å². The lowest BCUT2D eigenvalue weighted by atomic mass is 10.2. The number of hydrogen-bond acceptors (Lipinski definition) is 5. The second-order valence-electron chi connectivity index (χ2n) is 5.28. The summed E-state index contributed by atoms with van der Waals surface area (Å²) >= 11 is 1.46. The second kappa shape index (κ2) is 9.13. The smallest absolute Gasteiger partial charge is 0.340 e. The van der Waals surface area contributed by atoms with Crippen LogP contribution in [0.15, 0.2) is 53.4 Å². The van der Waals surface area contributed by atoms with Crippen molar-refractivity contribution < 1.29 is 19.1 Å². The first-order valence-electron chi connectivity index (χ1n) is 7.80. The molecule has 0 aromatic heterocycles. The second-order valence-corrected chi connectivity index (χ2v) is 6.13. The van der Waals surface area contributed by atoms with Crippen LogP contribution in [0.25, 0.3) is 0 Å². The van der Waals surface area contributed by atoms with Crippen molar-refractivity contribution in [3.05, 3.63) is 59.7 Å². The summed E-state index contributed by atoms with van der Waals surface area (Å²) in [5, 5.41) is 2.76. The number of thioether (sulfide) groups is 1. The van der Waals surface area contributed by atoms with Crippen LogP contribution in [-0.4, -0.2) is 31.3 Å². The molecule has 1 N–H and O–H groups in total. The highest BCUT2D eigenvalue weighted by Crippen LogP contribution is 2.21. The average molecular weight is 359 g/mol. The number of ether oxygens (including phenoxy) is 2. The number of carbonyl (C=O) groups is 2. The minimum Gasteiger partial charge on any atom is -0.496 e. The summed E-state index contributed by atoms with van der Waals surface area (Å²) in [5.74, 6) is -0.174. The summed E-state index contributed by atoms with van der Waals surface area (Å²) in [7, 11) is 1.58. The van der Waals surface area contributed by atoms with Gasteiger partial charge in [0.1, 0.15) is 5.75 Å². The Kier molecular flexibility index (Phi) is 6.89. The molecule has 0 aliphatic rings. The van der Waals surface area contributed by atoms with Gasteiger partial charge in [-0.3, -0.25) is 4.79 Å². The first kappa shape index (κ1) is 18.9. The van der Waals surface area contributed by atoms with Gasteiger partial charge in [-0.05, 0) is 31.4 Å². The molecule has 5 nitrogen and oxygen atoms in total. The van der Waals surface area contributed by atoms with Crippen molar-refractivity contribution in [3.8, 4) is 5.75 Å². The van der Waals surface area contributed by atoms with E-state index < -0.39 is 12.1 Å². The molecule has 25 heavy (non-hydrogen) atoms. The average Bonchev–Trinajstić information content (AvgIpc) is 2.65. The zero-order valence-electron chi connectivity index (χ0n) is 14.4. The van der Waals surface area contributed by atoms with E-state index in [2.05, 4.69) is 5.32 Å². The van der Waals surface area contributed by atoms with E-state index in [0.29, 0.717) is 17.9 Å². The third-order valence-electron chi connectivity index (χ3n) is 3.63. The van der Waals surface area contributed by atoms with E-state index in [4.69, 9.17) is 9.47 Å². The molecular formula is C19H21NO4S. The van der Waals surface area contributed by atoms with Gasteiger partial charge in [-0.25, -0.2) is 4.79 Å². The van der Waals surface area contributed by atoms with Gasteiger partial charge in [-0.15, -0.1) is 11.8 Å². The number of esters is 1. The molecule has 0 fully saturated rings. The summed E-state index contributed by atoms with van der Waals surface area (Å²) in [4.78, 5) is 25.3. The van der Waals surface area contributed by atoms with Gasteiger partial charge in [0.2, 0.25) is 0 Å². The zero-order valence-corrected chi connectivity index (χ0v) is 15.3. The maximum absolute atomic E-state index is 12.3. The molecule has 0 saturated heterocycles. The number of carbonyl (C=O) groups excluding carboxylic acids is 2. The fourth-order valence-corrected chi connectivity index (χ4v) is 2.85. The van der Waals surface area contributed by atoms with Crippen LogP contribution in [0.5, 0.6) is 5.75 Å². The molecule has 0 radical (unpaired) electrons. The normalized spacial score (nSPS) is 11.5. The Morgan fingerprint density at radius 1 is 1.12 bits per heavy atom. The molecule has 1 amide bonds. The fourth-order valence-electron chi connectivity index (χ4n) is 2.27. The van der Waals surface area contributed by atoms with Crippen molar-refractivity contribution in [2.45, 2.75) is 24.5 Å². The van der Waals surface area contributed by atoms with Gasteiger partial charge in [0.25, 0.3) is 5.91 Å². The van der Waals surface area contributed by atoms with Crippen molar-refractivity contribution in [1.82, 2.24) is 5.32 Å². The van der Waals surface area contributed by atoms with Crippen molar-refractivity contribution in [2.24, 2.45) is 0 Å². The molecule has 1 atom stereocenters. The summed E-state index contributed by atoms with van der Waals surface area (Å²) < 4.78 is 10.5. The van der Waals surface area contributed by atoms with Crippen LogP contribution in [0, 0.1) is 0 Å². The number of nitrogens with one attached hydrogen (secondary N) is 1. The fraction of sp³-hybridized carbons (Fsp3) is 0.263. The lowest BCUT2D eigenvalue weighted by molar-refractivity contribution is -0.129. The standard InChI is InChI=1S/C19H21NO4S/c1-13(24-19(22)15-9-5-7-11-17(15)25-3)18(21)20-12-14-8-4-6-10-16(14)23-2/h4-11,13H,12H2,1-3H3,(H,20,21)/t13-/m0/s1. The van der Waals surface area contributed by atoms with Crippen LogP contribution in [0.1, 0.15) is 22.8 Å². The van der Waals surface area contributed by atoms with E-state index in [1.54, 1.807) is 26.2 Å². The number of amides is 1. The molecule has 0 heterocycles. The van der Waals surface area contributed by atoms with Gasteiger partial charge < -0.3 is 14.8 Å². The largest absolute Gasteiger partial charge is 0.496 e. The molecule has 0 unspecified atom stereocenters. The van der Waals surface area contributed by atoms with Crippen LogP contribution >= 0.6 is 11.8 Å². The minimum atomic E-state index is -0.892. The van der Waals surface area contributed by atoms with Gasteiger partial charge in [0.05, 0.1) is 12.7 Å². The van der Waals surface area contributed by atoms with Gasteiger partial charge in [0.15, 0.2) is 6.10 Å². The number of hydrogen-bond donors (Lipinski definition) is 1. The molecule has 0 saturated carbocycles. The van der Waals surface area contributed by atoms with Crippen LogP contribution < -0.4 is 10.1 Å². The van der Waals surface area contributed by atoms with Gasteiger partial charge in [-0.1, -0.05) is 30.3 Å². The Morgan fingerprint density at radius 3 is 2.52 bits per heavy atom. The highest BCUT2D eigenvalue weighted by atomic mass is 32.2. The van der Waals surface area contributed by atoms with Crippen molar-refractivity contribution >= 4 is 23.6 Å². The van der Waals surface area contributed by atoms with Gasteiger partial charge in [-0.2, -0.15) is 0 Å². The predicted octanol–water partition coefficient (Wildman–Crippen LogP) is 3.28. The maximum Gasteiger partial charge on any atom is 0.340 e. The zero-order chi connectivity index (χ0) is 18.2. The molecule has 0 bridgehead atoms. The molecule has 2 rings (SSSR count). The third kappa shape index (κ3) is 5.00. The van der Waals surface area contributed by atoms with Crippen LogP contribution in [0.4, 0.5) is 0 Å². The lowest BCUT2D eigenvalue weighted by Gasteiger charge is -2.15. The number of methoxy groups -OCH3 is 1. The summed E-state index contributed by atoms with van der Waals surface area (Å²) in [6.07, 6.45) is 0.993. The van der Waals surface area contributed by atoms with Crippen molar-refractivity contribution in [2.75, 3.05) is 13.4 Å². The summed E-state index contributed by atoms with van der Waals surface area (Å²) in [6.45, 7) is 1.85. The van der Waals surface area contributed by atoms with Gasteiger partial charge >= 0.3 is 5.97 Å². The molecule has 2 aromatic carbocycles. The maximum atomic E-state index is 12.3. The lowest BCUT2D eigenvalue weighted by Crippen LogP contribution is -2.35. The molecular weight excluding hydrogens is 338 g/mol. The summed E-state index contributed by atoms with van der Waals surface area (Å²) in [6, 6.07) is 14.6. The van der Waals surface area contributed by atoms with E-state index >= 15 is 0 Å². The number of rotatable bonds is 7. The Balaban J connectivity index is 1.95.